The molecule has 0 amide bonds. The maximum Gasteiger partial charge on any atom is 0.0464 e. The molecule has 1 unspecified atom stereocenters. The Bertz CT molecular complexity index is 593. The average molecular weight is 367 g/mol. The zero-order valence-electron chi connectivity index (χ0n) is 12.7. The van der Waals surface area contributed by atoms with Crippen LogP contribution >= 0.6 is 27.5 Å². The van der Waals surface area contributed by atoms with Gasteiger partial charge in [-0.3, -0.25) is 0 Å². The predicted octanol–water partition coefficient (Wildman–Crippen LogP) is 6.08. The summed E-state index contributed by atoms with van der Waals surface area (Å²) in [6.45, 7) is 7.40. The van der Waals surface area contributed by atoms with E-state index in [0.29, 0.717) is 5.92 Å². The fraction of sp³-hybridized carbons (Fsp3) is 0.333. The normalized spacial score (nSPS) is 12.7. The summed E-state index contributed by atoms with van der Waals surface area (Å²) in [5, 5.41) is 4.32. The third-order valence-corrected chi connectivity index (χ3v) is 4.51. The van der Waals surface area contributed by atoms with Crippen LogP contribution in [0.3, 0.4) is 0 Å². The molecule has 112 valence electrons. The molecule has 0 bridgehead atoms. The lowest BCUT2D eigenvalue weighted by molar-refractivity contribution is 0.574. The van der Waals surface area contributed by atoms with Gasteiger partial charge in [-0.15, -0.1) is 0 Å². The first-order valence-electron chi connectivity index (χ1n) is 7.24. The molecule has 1 atom stereocenters. The highest BCUT2D eigenvalue weighted by Gasteiger charge is 2.09. The largest absolute Gasteiger partial charge is 0.306 e. The Morgan fingerprint density at radius 3 is 2.29 bits per heavy atom. The van der Waals surface area contributed by atoms with E-state index in [1.54, 1.807) is 0 Å². The van der Waals surface area contributed by atoms with Crippen molar-refractivity contribution in [3.8, 4) is 0 Å². The summed E-state index contributed by atoms with van der Waals surface area (Å²) in [6.07, 6.45) is 0. The van der Waals surface area contributed by atoms with Crippen LogP contribution in [-0.4, -0.2) is 0 Å². The minimum absolute atomic E-state index is 0.218. The maximum atomic E-state index is 6.29. The van der Waals surface area contributed by atoms with Crippen LogP contribution in [0.15, 0.2) is 46.9 Å². The van der Waals surface area contributed by atoms with E-state index in [-0.39, 0.29) is 6.04 Å². The molecule has 0 heterocycles. The Kier molecular flexibility index (Phi) is 5.86. The summed E-state index contributed by atoms with van der Waals surface area (Å²) in [4.78, 5) is 0. The van der Waals surface area contributed by atoms with Gasteiger partial charge in [-0.25, -0.2) is 0 Å². The van der Waals surface area contributed by atoms with E-state index in [2.05, 4.69) is 72.3 Å². The molecule has 0 aromatic heterocycles. The van der Waals surface area contributed by atoms with Gasteiger partial charge in [-0.05, 0) is 41.7 Å². The van der Waals surface area contributed by atoms with Crippen LogP contribution in [0.1, 0.15) is 49.4 Å². The molecule has 2 aromatic carbocycles. The Morgan fingerprint density at radius 2 is 1.71 bits per heavy atom. The molecule has 2 rings (SSSR count). The van der Waals surface area contributed by atoms with Crippen molar-refractivity contribution >= 4 is 27.5 Å². The highest BCUT2D eigenvalue weighted by Crippen LogP contribution is 2.26. The van der Waals surface area contributed by atoms with Crippen LogP contribution in [0.2, 0.25) is 5.02 Å². The van der Waals surface area contributed by atoms with Gasteiger partial charge in [0.05, 0.1) is 0 Å². The smallest absolute Gasteiger partial charge is 0.0464 e. The molecule has 2 aromatic rings. The molecule has 0 aliphatic heterocycles. The minimum Gasteiger partial charge on any atom is -0.306 e. The monoisotopic (exact) mass is 365 g/mol. The van der Waals surface area contributed by atoms with Crippen molar-refractivity contribution in [1.82, 2.24) is 5.32 Å². The average Bonchev–Trinajstić information content (AvgIpc) is 2.45. The van der Waals surface area contributed by atoms with Gasteiger partial charge >= 0.3 is 0 Å². The Morgan fingerprint density at radius 1 is 1.05 bits per heavy atom. The summed E-state index contributed by atoms with van der Waals surface area (Å²) in [5.74, 6) is 0.576. The van der Waals surface area contributed by atoms with Crippen LogP contribution in [0.4, 0.5) is 0 Å². The maximum absolute atomic E-state index is 6.29. The molecular formula is C18H21BrClN. The molecule has 1 N–H and O–H groups in total. The van der Waals surface area contributed by atoms with E-state index < -0.39 is 0 Å². The lowest BCUT2D eigenvalue weighted by atomic mass is 10.0. The lowest BCUT2D eigenvalue weighted by Gasteiger charge is -2.16. The van der Waals surface area contributed by atoms with Crippen molar-refractivity contribution in [2.75, 3.05) is 0 Å². The zero-order chi connectivity index (χ0) is 15.4. The van der Waals surface area contributed by atoms with Crippen LogP contribution in [0.5, 0.6) is 0 Å². The molecule has 0 radical (unpaired) electrons. The molecule has 1 nitrogen and oxygen atoms in total. The van der Waals surface area contributed by atoms with E-state index >= 15 is 0 Å². The van der Waals surface area contributed by atoms with Gasteiger partial charge in [0.2, 0.25) is 0 Å². The molecule has 0 spiro atoms. The Hall–Kier alpha value is -0.830. The highest BCUT2D eigenvalue weighted by atomic mass is 79.9. The summed E-state index contributed by atoms with van der Waals surface area (Å²) in [6, 6.07) is 15.0. The Balaban J connectivity index is 1.98. The van der Waals surface area contributed by atoms with Gasteiger partial charge in [-0.2, -0.15) is 0 Å². The molecular weight excluding hydrogens is 346 g/mol. The molecule has 0 aliphatic carbocycles. The van der Waals surface area contributed by atoms with Crippen molar-refractivity contribution < 1.29 is 0 Å². The first-order valence-corrected chi connectivity index (χ1v) is 8.41. The summed E-state index contributed by atoms with van der Waals surface area (Å²) < 4.78 is 1.01. The zero-order valence-corrected chi connectivity index (χ0v) is 15.0. The second kappa shape index (κ2) is 7.44. The molecule has 0 saturated heterocycles. The number of benzene rings is 2. The molecule has 0 aliphatic rings. The number of rotatable bonds is 5. The summed E-state index contributed by atoms with van der Waals surface area (Å²) in [7, 11) is 0. The predicted molar refractivity (Wildman–Crippen MR) is 94.9 cm³/mol. The summed E-state index contributed by atoms with van der Waals surface area (Å²) >= 11 is 9.73. The fourth-order valence-electron chi connectivity index (χ4n) is 2.25. The van der Waals surface area contributed by atoms with E-state index in [9.17, 15) is 0 Å². The first kappa shape index (κ1) is 16.5. The topological polar surface area (TPSA) is 12.0 Å². The van der Waals surface area contributed by atoms with E-state index in [4.69, 9.17) is 11.6 Å². The first-order chi connectivity index (χ1) is 9.97. The van der Waals surface area contributed by atoms with Gasteiger partial charge in [0, 0.05) is 22.1 Å². The van der Waals surface area contributed by atoms with Crippen LogP contribution in [-0.2, 0) is 6.54 Å². The molecule has 0 saturated carbocycles. The van der Waals surface area contributed by atoms with Crippen LogP contribution < -0.4 is 5.32 Å². The third kappa shape index (κ3) is 4.57. The lowest BCUT2D eigenvalue weighted by Crippen LogP contribution is -2.18. The van der Waals surface area contributed by atoms with Crippen molar-refractivity contribution in [3.05, 3.63) is 68.7 Å². The van der Waals surface area contributed by atoms with Crippen LogP contribution in [0.25, 0.3) is 0 Å². The van der Waals surface area contributed by atoms with Gasteiger partial charge < -0.3 is 5.32 Å². The molecule has 0 fully saturated rings. The van der Waals surface area contributed by atoms with Gasteiger partial charge in [-0.1, -0.05) is 71.7 Å². The highest BCUT2D eigenvalue weighted by molar-refractivity contribution is 9.10. The van der Waals surface area contributed by atoms with E-state index in [1.807, 2.05) is 12.1 Å². The second-order valence-corrected chi connectivity index (χ2v) is 6.99. The SMILES string of the molecule is CC(C)c1ccc(CNC(C)c2ccc(Br)cc2Cl)cc1. The van der Waals surface area contributed by atoms with Crippen molar-refractivity contribution in [1.29, 1.82) is 0 Å². The standard InChI is InChI=1S/C18H21BrClN/c1-12(2)15-6-4-14(5-7-15)11-21-13(3)17-9-8-16(19)10-18(17)20/h4-10,12-13,21H,11H2,1-3H3. The summed E-state index contributed by atoms with van der Waals surface area (Å²) in [5.41, 5.74) is 3.79. The molecule has 21 heavy (non-hydrogen) atoms. The van der Waals surface area contributed by atoms with Gasteiger partial charge in [0.1, 0.15) is 0 Å². The second-order valence-electron chi connectivity index (χ2n) is 5.66. The van der Waals surface area contributed by atoms with Crippen LogP contribution in [0, 0.1) is 0 Å². The fourth-order valence-corrected chi connectivity index (χ4v) is 3.09. The van der Waals surface area contributed by atoms with E-state index in [1.165, 1.54) is 11.1 Å². The van der Waals surface area contributed by atoms with E-state index in [0.717, 1.165) is 21.6 Å². The van der Waals surface area contributed by atoms with Gasteiger partial charge in [0.15, 0.2) is 0 Å². The number of nitrogens with one attached hydrogen (secondary N) is 1. The number of hydrogen-bond acceptors (Lipinski definition) is 1. The van der Waals surface area contributed by atoms with Crippen molar-refractivity contribution in [2.24, 2.45) is 0 Å². The van der Waals surface area contributed by atoms with Crippen molar-refractivity contribution in [3.63, 3.8) is 0 Å². The third-order valence-electron chi connectivity index (χ3n) is 3.69. The quantitative estimate of drug-likeness (QED) is 0.676. The minimum atomic E-state index is 0.218. The number of halogens is 2. The Labute approximate surface area is 140 Å². The number of hydrogen-bond donors (Lipinski definition) is 1. The van der Waals surface area contributed by atoms with Crippen molar-refractivity contribution in [2.45, 2.75) is 39.3 Å². The molecule has 3 heteroatoms. The van der Waals surface area contributed by atoms with Gasteiger partial charge in [0.25, 0.3) is 0 Å².